The number of carbonyl (C=O) groups is 1. The van der Waals surface area contributed by atoms with Gasteiger partial charge in [0.2, 0.25) is 5.91 Å². The summed E-state index contributed by atoms with van der Waals surface area (Å²) in [6.45, 7) is 1.69. The number of aliphatic hydroxyl groups is 11. The largest absolute Gasteiger partial charge is 0.394 e. The van der Waals surface area contributed by atoms with E-state index in [0.717, 1.165) is 44.9 Å². The predicted octanol–water partition coefficient (Wildman–Crippen LogP) is 3.04. The second-order valence-corrected chi connectivity index (χ2v) is 20.1. The molecule has 0 aliphatic carbocycles. The Labute approximate surface area is 423 Å². The molecule has 3 rings (SSSR count). The topological polar surface area (TPSA) is 307 Å². The van der Waals surface area contributed by atoms with E-state index in [1.807, 2.05) is 6.08 Å². The Morgan fingerprint density at radius 3 is 1.32 bits per heavy atom. The van der Waals surface area contributed by atoms with Crippen molar-refractivity contribution in [2.24, 2.45) is 0 Å². The number of nitrogens with one attached hydrogen (secondary N) is 1. The van der Waals surface area contributed by atoms with E-state index in [0.29, 0.717) is 6.42 Å². The molecule has 3 fully saturated rings. The Morgan fingerprint density at radius 2 is 0.873 bits per heavy atom. The summed E-state index contributed by atoms with van der Waals surface area (Å²) in [4.78, 5) is 13.2. The van der Waals surface area contributed by atoms with Crippen molar-refractivity contribution in [3.05, 3.63) is 12.2 Å². The fraction of sp³-hybridized carbons (Fsp3) is 0.942. The third-order valence-electron chi connectivity index (χ3n) is 14.1. The Balaban J connectivity index is 1.55. The third kappa shape index (κ3) is 22.7. The van der Waals surface area contributed by atoms with Crippen LogP contribution in [0.4, 0.5) is 0 Å². The zero-order valence-electron chi connectivity index (χ0n) is 43.0. The molecule has 0 aromatic carbocycles. The Hall–Kier alpha value is -1.47. The number of allylic oxidation sites excluding steroid dienone is 1. The van der Waals surface area contributed by atoms with Gasteiger partial charge in [-0.2, -0.15) is 0 Å². The van der Waals surface area contributed by atoms with E-state index in [9.17, 15) is 61.0 Å². The molecule has 0 aromatic rings. The molecule has 3 aliphatic heterocycles. The lowest BCUT2D eigenvalue weighted by Crippen LogP contribution is -2.66. The van der Waals surface area contributed by atoms with Crippen LogP contribution in [0.2, 0.25) is 0 Å². The van der Waals surface area contributed by atoms with Crippen LogP contribution in [-0.2, 0) is 33.2 Å². The Bertz CT molecular complexity index is 1360. The molecule has 0 bridgehead atoms. The van der Waals surface area contributed by atoms with Crippen LogP contribution in [0.25, 0.3) is 0 Å². The molecule has 19 nitrogen and oxygen atoms in total. The summed E-state index contributed by atoms with van der Waals surface area (Å²) < 4.78 is 34.1. The first-order valence-electron chi connectivity index (χ1n) is 27.4. The fourth-order valence-corrected chi connectivity index (χ4v) is 9.48. The molecule has 71 heavy (non-hydrogen) atoms. The number of amides is 1. The van der Waals surface area contributed by atoms with Crippen molar-refractivity contribution in [2.45, 2.75) is 285 Å². The van der Waals surface area contributed by atoms with Crippen LogP contribution >= 0.6 is 0 Å². The normalized spacial score (nSPS) is 32.3. The van der Waals surface area contributed by atoms with Gasteiger partial charge in [0.05, 0.1) is 38.6 Å². The molecule has 17 unspecified atom stereocenters. The summed E-state index contributed by atoms with van der Waals surface area (Å²) in [5.74, 6) is -0.277. The van der Waals surface area contributed by atoms with Crippen LogP contribution in [0.1, 0.15) is 181 Å². The summed E-state index contributed by atoms with van der Waals surface area (Å²) in [6, 6.07) is -0.964. The second-order valence-electron chi connectivity index (χ2n) is 20.1. The highest BCUT2D eigenvalue weighted by Gasteiger charge is 2.53. The molecule has 17 atom stereocenters. The maximum absolute atomic E-state index is 13.2. The number of hydrogen-bond acceptors (Lipinski definition) is 18. The van der Waals surface area contributed by atoms with Gasteiger partial charge in [-0.15, -0.1) is 0 Å². The van der Waals surface area contributed by atoms with Gasteiger partial charge in [-0.1, -0.05) is 167 Å². The fourth-order valence-electron chi connectivity index (χ4n) is 9.48. The van der Waals surface area contributed by atoms with Gasteiger partial charge in [-0.3, -0.25) is 4.79 Å². The van der Waals surface area contributed by atoms with Gasteiger partial charge in [0.15, 0.2) is 18.9 Å². The molecule has 19 heteroatoms. The average Bonchev–Trinajstić information content (AvgIpc) is 3.36. The minimum absolute atomic E-state index is 0.248. The third-order valence-corrected chi connectivity index (χ3v) is 14.1. The van der Waals surface area contributed by atoms with Gasteiger partial charge in [0.1, 0.15) is 73.2 Å². The van der Waals surface area contributed by atoms with E-state index in [1.165, 1.54) is 109 Å². The molecule has 1 amide bonds. The highest BCUT2D eigenvalue weighted by Crippen LogP contribution is 2.33. The number of hydrogen-bond donors (Lipinski definition) is 12. The number of unbranched alkanes of at least 4 members (excludes halogenated alkanes) is 23. The highest BCUT2D eigenvalue weighted by atomic mass is 16.8. The lowest BCUT2D eigenvalue weighted by Gasteiger charge is -2.48. The van der Waals surface area contributed by atoms with Gasteiger partial charge < -0.3 is 89.9 Å². The first-order valence-corrected chi connectivity index (χ1v) is 27.4. The number of rotatable bonds is 39. The predicted molar refractivity (Wildman–Crippen MR) is 263 cm³/mol. The molecule has 0 spiro atoms. The number of carbonyl (C=O) groups excluding carboxylic acids is 1. The van der Waals surface area contributed by atoms with Crippen LogP contribution in [0, 0.1) is 0 Å². The first kappa shape index (κ1) is 63.8. The van der Waals surface area contributed by atoms with E-state index >= 15 is 0 Å². The molecule has 418 valence electrons. The monoisotopic (exact) mass is 1020 g/mol. The highest BCUT2D eigenvalue weighted by molar-refractivity contribution is 5.76. The van der Waals surface area contributed by atoms with Crippen LogP contribution < -0.4 is 5.32 Å². The maximum atomic E-state index is 13.2. The molecule has 3 saturated heterocycles. The standard InChI is InChI=1S/C52H97NO18/c1-3-5-7-9-11-13-15-17-18-19-21-23-25-27-29-36(57)35(53-40(58)30-28-26-24-22-20-16-14-12-10-8-6-4-2)34-66-50-46(64)43(61)48(38(32-55)68-50)71-52-47(65)44(62)49(39(33-56)69-52)70-51-45(63)42(60)41(59)37(31-54)67-51/h27,29,35-39,41-52,54-57,59-65H,3-26,28,30-34H2,1-2H3,(H,53,58)/b29-27+. The minimum atomic E-state index is -1.97. The smallest absolute Gasteiger partial charge is 0.220 e. The van der Waals surface area contributed by atoms with Gasteiger partial charge in [0.25, 0.3) is 0 Å². The molecule has 12 N–H and O–H groups in total. The second kappa shape index (κ2) is 37.3. The quantitative estimate of drug-likeness (QED) is 0.0311. The Morgan fingerprint density at radius 1 is 0.493 bits per heavy atom. The number of aliphatic hydroxyl groups excluding tert-OH is 11. The molecule has 0 radical (unpaired) electrons. The number of ether oxygens (including phenoxy) is 6. The van der Waals surface area contributed by atoms with E-state index in [1.54, 1.807) is 6.08 Å². The van der Waals surface area contributed by atoms with Gasteiger partial charge in [0, 0.05) is 6.42 Å². The van der Waals surface area contributed by atoms with Crippen molar-refractivity contribution in [2.75, 3.05) is 26.4 Å². The molecule has 3 aliphatic rings. The average molecular weight is 1020 g/mol. The Kier molecular flexibility index (Phi) is 33.5. The van der Waals surface area contributed by atoms with Crippen molar-refractivity contribution >= 4 is 5.91 Å². The van der Waals surface area contributed by atoms with Crippen molar-refractivity contribution in [1.82, 2.24) is 5.32 Å². The van der Waals surface area contributed by atoms with Crippen LogP contribution in [0.3, 0.4) is 0 Å². The van der Waals surface area contributed by atoms with E-state index in [4.69, 9.17) is 28.4 Å². The molecular weight excluding hydrogens is 927 g/mol. The lowest BCUT2D eigenvalue weighted by atomic mass is 9.96. The van der Waals surface area contributed by atoms with Gasteiger partial charge in [-0.05, 0) is 19.3 Å². The lowest BCUT2D eigenvalue weighted by molar-refractivity contribution is -0.379. The van der Waals surface area contributed by atoms with Crippen molar-refractivity contribution in [1.29, 1.82) is 0 Å². The zero-order chi connectivity index (χ0) is 52.0. The molecule has 3 heterocycles. The van der Waals surface area contributed by atoms with E-state index in [-0.39, 0.29) is 18.9 Å². The summed E-state index contributed by atoms with van der Waals surface area (Å²) in [7, 11) is 0. The van der Waals surface area contributed by atoms with Crippen LogP contribution in [0.15, 0.2) is 12.2 Å². The maximum Gasteiger partial charge on any atom is 0.220 e. The molecule has 0 saturated carbocycles. The van der Waals surface area contributed by atoms with Crippen LogP contribution in [-0.4, -0.2) is 193 Å². The van der Waals surface area contributed by atoms with Crippen molar-refractivity contribution in [3.63, 3.8) is 0 Å². The van der Waals surface area contributed by atoms with Gasteiger partial charge >= 0.3 is 0 Å². The molecule has 0 aromatic heterocycles. The van der Waals surface area contributed by atoms with E-state index < -0.39 is 124 Å². The summed E-state index contributed by atoms with van der Waals surface area (Å²) >= 11 is 0. The SMILES string of the molecule is CCCCCCCCCCCCCC/C=C/C(O)C(COC1OC(CO)C(OC2OC(CO)C(OC3OC(CO)C(O)C(O)C3O)C(O)C2O)C(O)C1O)NC(=O)CCCCCCCCCCCCCC. The summed E-state index contributed by atoms with van der Waals surface area (Å²) in [5, 5.41) is 120. The summed E-state index contributed by atoms with van der Waals surface area (Å²) in [5.41, 5.74) is 0. The van der Waals surface area contributed by atoms with Crippen molar-refractivity contribution < 1.29 is 89.4 Å². The minimum Gasteiger partial charge on any atom is -0.394 e. The van der Waals surface area contributed by atoms with Crippen LogP contribution in [0.5, 0.6) is 0 Å². The zero-order valence-corrected chi connectivity index (χ0v) is 43.0. The van der Waals surface area contributed by atoms with E-state index in [2.05, 4.69) is 19.2 Å². The first-order chi connectivity index (χ1) is 34.3. The van der Waals surface area contributed by atoms with Gasteiger partial charge in [-0.25, -0.2) is 0 Å². The molecular formula is C52H97NO18. The van der Waals surface area contributed by atoms with Crippen molar-refractivity contribution in [3.8, 4) is 0 Å². The summed E-state index contributed by atoms with van der Waals surface area (Å²) in [6.07, 6.45) is 6.33.